The van der Waals surface area contributed by atoms with Gasteiger partial charge in [-0.2, -0.15) is 0 Å². The number of piperidine rings is 1. The number of likely N-dealkylation sites (N-methyl/N-ethyl adjacent to an activating group) is 1. The van der Waals surface area contributed by atoms with Gasteiger partial charge in [0.05, 0.1) is 11.6 Å². The number of nitrogens with one attached hydrogen (secondary N) is 1. The summed E-state index contributed by atoms with van der Waals surface area (Å²) in [5.74, 6) is -1.34. The molecule has 2 aliphatic rings. The number of carbonyl (C=O) groups excluding carboxylic acids is 3. The van der Waals surface area contributed by atoms with E-state index in [1.54, 1.807) is 14.0 Å². The van der Waals surface area contributed by atoms with E-state index < -0.39 is 11.9 Å². The van der Waals surface area contributed by atoms with Crippen LogP contribution in [0.4, 0.5) is 4.79 Å². The maximum atomic E-state index is 12.7. The zero-order valence-corrected chi connectivity index (χ0v) is 20.8. The molecule has 2 unspecified atom stereocenters. The standard InChI is InChI=1S/C26H39N3O5/c1-20-23(30)12-11-22(33-3)10-7-15-28(2)26(19-34-24(20)31)13-16-29(17-14-26)25(32)27-18-21-8-5-4-6-9-21/h4-6,8-9,20,22H,7,10-19H2,1-3H3,(H,27,32). The van der Waals surface area contributed by atoms with E-state index in [1.165, 1.54) is 0 Å². The molecule has 1 spiro atoms. The summed E-state index contributed by atoms with van der Waals surface area (Å²) in [7, 11) is 3.74. The lowest BCUT2D eigenvalue weighted by atomic mass is 9.86. The largest absolute Gasteiger partial charge is 0.463 e. The zero-order chi connectivity index (χ0) is 24.6. The quantitative estimate of drug-likeness (QED) is 0.536. The number of cyclic esters (lactones) is 1. The molecule has 2 atom stereocenters. The molecule has 2 fully saturated rings. The smallest absolute Gasteiger partial charge is 0.317 e. The lowest BCUT2D eigenvalue weighted by Gasteiger charge is -2.47. The minimum Gasteiger partial charge on any atom is -0.463 e. The molecule has 1 aromatic carbocycles. The molecule has 0 aromatic heterocycles. The predicted molar refractivity (Wildman–Crippen MR) is 129 cm³/mol. The van der Waals surface area contributed by atoms with Crippen LogP contribution in [0, 0.1) is 5.92 Å². The Morgan fingerprint density at radius 3 is 2.53 bits per heavy atom. The summed E-state index contributed by atoms with van der Waals surface area (Å²) in [5, 5.41) is 3.00. The van der Waals surface area contributed by atoms with Crippen LogP contribution in [0.5, 0.6) is 0 Å². The SMILES string of the molecule is COC1CCCN(C)C2(CCN(C(=O)NCc3ccccc3)CC2)COC(=O)C(C)C(=O)CC1. The van der Waals surface area contributed by atoms with Crippen LogP contribution >= 0.6 is 0 Å². The van der Waals surface area contributed by atoms with Crippen molar-refractivity contribution < 1.29 is 23.9 Å². The summed E-state index contributed by atoms with van der Waals surface area (Å²) in [4.78, 5) is 42.0. The number of benzene rings is 1. The van der Waals surface area contributed by atoms with Crippen LogP contribution in [0.1, 0.15) is 51.0 Å². The number of hydrogen-bond acceptors (Lipinski definition) is 6. The highest BCUT2D eigenvalue weighted by Crippen LogP contribution is 2.30. The molecule has 2 heterocycles. The second-order valence-corrected chi connectivity index (χ2v) is 9.61. The Kier molecular flexibility index (Phi) is 9.47. The number of carbonyl (C=O) groups is 3. The lowest BCUT2D eigenvalue weighted by Crippen LogP contribution is -2.59. The number of esters is 1. The molecule has 0 radical (unpaired) electrons. The highest BCUT2D eigenvalue weighted by molar-refractivity contribution is 5.98. The minimum absolute atomic E-state index is 0.00688. The molecular formula is C26H39N3O5. The van der Waals surface area contributed by atoms with Crippen molar-refractivity contribution in [1.29, 1.82) is 0 Å². The molecular weight excluding hydrogens is 434 g/mol. The van der Waals surface area contributed by atoms with E-state index in [1.807, 2.05) is 35.2 Å². The lowest BCUT2D eigenvalue weighted by molar-refractivity contribution is -0.156. The van der Waals surface area contributed by atoms with Gasteiger partial charge in [-0.1, -0.05) is 30.3 Å². The van der Waals surface area contributed by atoms with Gasteiger partial charge >= 0.3 is 12.0 Å². The molecule has 34 heavy (non-hydrogen) atoms. The van der Waals surface area contributed by atoms with Crippen LogP contribution in [-0.4, -0.2) is 79.6 Å². The van der Waals surface area contributed by atoms with E-state index >= 15 is 0 Å². The Bertz CT molecular complexity index is 823. The summed E-state index contributed by atoms with van der Waals surface area (Å²) in [5.41, 5.74) is 0.704. The van der Waals surface area contributed by atoms with Gasteiger partial charge in [-0.05, 0) is 58.2 Å². The Balaban J connectivity index is 1.63. The fraction of sp³-hybridized carbons (Fsp3) is 0.654. The third kappa shape index (κ3) is 6.79. The van der Waals surface area contributed by atoms with Crippen LogP contribution < -0.4 is 5.32 Å². The van der Waals surface area contributed by atoms with Gasteiger partial charge in [-0.15, -0.1) is 0 Å². The molecule has 8 nitrogen and oxygen atoms in total. The summed E-state index contributed by atoms with van der Waals surface area (Å²) in [6, 6.07) is 9.76. The molecule has 3 rings (SSSR count). The maximum absolute atomic E-state index is 12.7. The first kappa shape index (κ1) is 26.2. The average molecular weight is 474 g/mol. The predicted octanol–water partition coefficient (Wildman–Crippen LogP) is 3.00. The number of rotatable bonds is 3. The van der Waals surface area contributed by atoms with Gasteiger partial charge in [0.2, 0.25) is 0 Å². The molecule has 0 aliphatic carbocycles. The Hall–Kier alpha value is -2.45. The monoisotopic (exact) mass is 473 g/mol. The van der Waals surface area contributed by atoms with Crippen molar-refractivity contribution in [1.82, 2.24) is 15.1 Å². The molecule has 2 saturated heterocycles. The third-order valence-electron chi connectivity index (χ3n) is 7.46. The number of nitrogens with zero attached hydrogens (tertiary/aromatic N) is 2. The van der Waals surface area contributed by atoms with E-state index in [-0.39, 0.29) is 30.1 Å². The molecule has 0 bridgehead atoms. The first-order valence-electron chi connectivity index (χ1n) is 12.3. The normalized spacial score (nSPS) is 25.1. The van der Waals surface area contributed by atoms with E-state index in [2.05, 4.69) is 17.3 Å². The molecule has 188 valence electrons. The van der Waals surface area contributed by atoms with Crippen LogP contribution in [0.25, 0.3) is 0 Å². The fourth-order valence-corrected chi connectivity index (χ4v) is 4.80. The number of hydrogen-bond donors (Lipinski definition) is 1. The highest BCUT2D eigenvalue weighted by Gasteiger charge is 2.41. The first-order valence-corrected chi connectivity index (χ1v) is 12.3. The van der Waals surface area contributed by atoms with Gasteiger partial charge < -0.3 is 19.7 Å². The van der Waals surface area contributed by atoms with Gasteiger partial charge in [0.15, 0.2) is 0 Å². The van der Waals surface area contributed by atoms with Gasteiger partial charge in [0.1, 0.15) is 18.3 Å². The van der Waals surface area contributed by atoms with Crippen molar-refractivity contribution in [3.05, 3.63) is 35.9 Å². The van der Waals surface area contributed by atoms with E-state index in [0.29, 0.717) is 45.3 Å². The maximum Gasteiger partial charge on any atom is 0.317 e. The van der Waals surface area contributed by atoms with E-state index in [9.17, 15) is 14.4 Å². The molecule has 1 N–H and O–H groups in total. The van der Waals surface area contributed by atoms with Gasteiger partial charge in [-0.25, -0.2) is 4.79 Å². The van der Waals surface area contributed by atoms with E-state index in [4.69, 9.17) is 9.47 Å². The molecule has 8 heteroatoms. The number of amides is 2. The van der Waals surface area contributed by atoms with Crippen molar-refractivity contribution in [3.63, 3.8) is 0 Å². The Morgan fingerprint density at radius 2 is 1.85 bits per heavy atom. The second kappa shape index (κ2) is 12.3. The van der Waals surface area contributed by atoms with Gasteiger partial charge in [0.25, 0.3) is 0 Å². The van der Waals surface area contributed by atoms with Crippen molar-refractivity contribution in [2.24, 2.45) is 5.92 Å². The van der Waals surface area contributed by atoms with Crippen LogP contribution in [0.2, 0.25) is 0 Å². The number of ketones is 1. The van der Waals surface area contributed by atoms with Crippen LogP contribution in [-0.2, 0) is 25.6 Å². The summed E-state index contributed by atoms with van der Waals surface area (Å²) in [6.07, 6.45) is 4.14. The number of urea groups is 1. The Morgan fingerprint density at radius 1 is 1.15 bits per heavy atom. The summed E-state index contributed by atoms with van der Waals surface area (Å²) >= 11 is 0. The van der Waals surface area contributed by atoms with Crippen molar-refractivity contribution in [2.75, 3.05) is 40.4 Å². The molecule has 2 aliphatic heterocycles. The zero-order valence-electron chi connectivity index (χ0n) is 20.8. The average Bonchev–Trinajstić information content (AvgIpc) is 2.87. The number of Topliss-reactive ketones (excluding diaryl/α,β-unsaturated/α-hetero) is 1. The minimum atomic E-state index is -0.774. The first-order chi connectivity index (χ1) is 16.3. The van der Waals surface area contributed by atoms with Crippen molar-refractivity contribution >= 4 is 17.8 Å². The topological polar surface area (TPSA) is 88.2 Å². The molecule has 0 saturated carbocycles. The highest BCUT2D eigenvalue weighted by atomic mass is 16.5. The Labute approximate surface area is 202 Å². The van der Waals surface area contributed by atoms with Crippen LogP contribution in [0.15, 0.2) is 30.3 Å². The fourth-order valence-electron chi connectivity index (χ4n) is 4.80. The summed E-state index contributed by atoms with van der Waals surface area (Å²) < 4.78 is 11.3. The third-order valence-corrected chi connectivity index (χ3v) is 7.46. The number of ether oxygens (including phenoxy) is 2. The van der Waals surface area contributed by atoms with Crippen molar-refractivity contribution in [2.45, 2.75) is 63.6 Å². The molecule has 1 aromatic rings. The second-order valence-electron chi connectivity index (χ2n) is 9.61. The summed E-state index contributed by atoms with van der Waals surface area (Å²) in [6.45, 7) is 4.34. The van der Waals surface area contributed by atoms with Gasteiger partial charge in [0, 0.05) is 33.2 Å². The van der Waals surface area contributed by atoms with Crippen LogP contribution in [0.3, 0.4) is 0 Å². The van der Waals surface area contributed by atoms with E-state index in [0.717, 1.165) is 24.9 Å². The van der Waals surface area contributed by atoms with Crippen molar-refractivity contribution in [3.8, 4) is 0 Å². The molecule has 2 amide bonds. The number of methoxy groups -OCH3 is 1. The van der Waals surface area contributed by atoms with Gasteiger partial charge in [-0.3, -0.25) is 14.5 Å². The number of likely N-dealkylation sites (tertiary alicyclic amines) is 1.